The van der Waals surface area contributed by atoms with Gasteiger partial charge in [0.25, 0.3) is 0 Å². The molecule has 4 heteroatoms. The van der Waals surface area contributed by atoms with E-state index in [0.29, 0.717) is 0 Å². The highest BCUT2D eigenvalue weighted by atomic mass is 16.7. The normalized spacial score (nSPS) is 17.8. The van der Waals surface area contributed by atoms with Gasteiger partial charge in [0.05, 0.1) is 11.2 Å². The summed E-state index contributed by atoms with van der Waals surface area (Å²) in [6.07, 6.45) is 0. The first-order valence-corrected chi connectivity index (χ1v) is 9.68. The SMILES string of the molecule is CC(=O)c1ccc(-c2ccc(B3OC(C)(C)C(C)(C)O3)cc2)c2ccccc12. The monoisotopic (exact) mass is 372 g/mol. The average Bonchev–Trinajstić information content (AvgIpc) is 2.88. The largest absolute Gasteiger partial charge is 0.494 e. The van der Waals surface area contributed by atoms with Crippen LogP contribution < -0.4 is 5.46 Å². The van der Waals surface area contributed by atoms with E-state index in [2.05, 4.69) is 58.0 Å². The molecule has 0 aliphatic carbocycles. The van der Waals surface area contributed by atoms with Crippen molar-refractivity contribution in [1.29, 1.82) is 0 Å². The molecule has 3 nitrogen and oxygen atoms in total. The van der Waals surface area contributed by atoms with Gasteiger partial charge < -0.3 is 9.31 Å². The Morgan fingerprint density at radius 2 is 1.36 bits per heavy atom. The van der Waals surface area contributed by atoms with Crippen molar-refractivity contribution in [2.75, 3.05) is 0 Å². The van der Waals surface area contributed by atoms with Gasteiger partial charge in [-0.25, -0.2) is 0 Å². The molecule has 0 radical (unpaired) electrons. The number of rotatable bonds is 3. The van der Waals surface area contributed by atoms with Crippen molar-refractivity contribution in [1.82, 2.24) is 0 Å². The molecule has 0 unspecified atom stereocenters. The van der Waals surface area contributed by atoms with Crippen molar-refractivity contribution in [3.05, 3.63) is 66.2 Å². The Morgan fingerprint density at radius 1 is 0.786 bits per heavy atom. The van der Waals surface area contributed by atoms with E-state index < -0.39 is 0 Å². The lowest BCUT2D eigenvalue weighted by molar-refractivity contribution is 0.00578. The number of carbonyl (C=O) groups is 1. The summed E-state index contributed by atoms with van der Waals surface area (Å²) < 4.78 is 12.3. The van der Waals surface area contributed by atoms with E-state index in [1.807, 2.05) is 30.3 Å². The molecule has 0 amide bonds. The van der Waals surface area contributed by atoms with Crippen molar-refractivity contribution < 1.29 is 14.1 Å². The van der Waals surface area contributed by atoms with Gasteiger partial charge in [-0.1, -0.05) is 60.7 Å². The van der Waals surface area contributed by atoms with Gasteiger partial charge in [-0.05, 0) is 62.0 Å². The van der Waals surface area contributed by atoms with E-state index >= 15 is 0 Å². The zero-order valence-corrected chi connectivity index (χ0v) is 17.1. The Bertz CT molecular complexity index is 1040. The summed E-state index contributed by atoms with van der Waals surface area (Å²) in [5, 5.41) is 2.07. The van der Waals surface area contributed by atoms with Gasteiger partial charge in [0.1, 0.15) is 0 Å². The standard InChI is InChI=1S/C24H25BO3/c1-16(26)19-14-15-20(22-9-7-6-8-21(19)22)17-10-12-18(13-11-17)25-27-23(2,3)24(4,5)28-25/h6-15H,1-5H3. The quantitative estimate of drug-likeness (QED) is 0.479. The fourth-order valence-corrected chi connectivity index (χ4v) is 3.66. The lowest BCUT2D eigenvalue weighted by atomic mass is 9.78. The first kappa shape index (κ1) is 18.9. The second-order valence-electron chi connectivity index (χ2n) is 8.47. The summed E-state index contributed by atoms with van der Waals surface area (Å²) in [5.41, 5.74) is 3.28. The minimum Gasteiger partial charge on any atom is -0.399 e. The Labute approximate surface area is 166 Å². The zero-order valence-electron chi connectivity index (χ0n) is 17.1. The second kappa shape index (κ2) is 6.58. The lowest BCUT2D eigenvalue weighted by Crippen LogP contribution is -2.41. The maximum atomic E-state index is 12.0. The van der Waals surface area contributed by atoms with Crippen LogP contribution in [0.2, 0.25) is 0 Å². The van der Waals surface area contributed by atoms with Gasteiger partial charge in [0.2, 0.25) is 0 Å². The zero-order chi connectivity index (χ0) is 20.1. The fourth-order valence-electron chi connectivity index (χ4n) is 3.66. The molecule has 142 valence electrons. The van der Waals surface area contributed by atoms with E-state index in [0.717, 1.165) is 32.9 Å². The van der Waals surface area contributed by atoms with Crippen molar-refractivity contribution in [2.45, 2.75) is 45.8 Å². The van der Waals surface area contributed by atoms with E-state index in [9.17, 15) is 4.79 Å². The van der Waals surface area contributed by atoms with E-state index in [1.54, 1.807) is 6.92 Å². The molecule has 1 heterocycles. The number of hydrogen-bond acceptors (Lipinski definition) is 3. The highest BCUT2D eigenvalue weighted by molar-refractivity contribution is 6.62. The van der Waals surface area contributed by atoms with E-state index in [-0.39, 0.29) is 24.1 Å². The maximum Gasteiger partial charge on any atom is 0.494 e. The van der Waals surface area contributed by atoms with Crippen LogP contribution in [0.4, 0.5) is 0 Å². The number of ketones is 1. The average molecular weight is 372 g/mol. The van der Waals surface area contributed by atoms with Crippen LogP contribution in [0.25, 0.3) is 21.9 Å². The molecular weight excluding hydrogens is 347 g/mol. The molecule has 0 aromatic heterocycles. The maximum absolute atomic E-state index is 12.0. The van der Waals surface area contributed by atoms with Crippen LogP contribution in [0.3, 0.4) is 0 Å². The molecule has 28 heavy (non-hydrogen) atoms. The molecule has 1 saturated heterocycles. The smallest absolute Gasteiger partial charge is 0.399 e. The Kier molecular flexibility index (Phi) is 4.44. The molecule has 0 saturated carbocycles. The summed E-state index contributed by atoms with van der Waals surface area (Å²) in [6, 6.07) is 20.3. The van der Waals surface area contributed by atoms with Crippen molar-refractivity contribution in [2.24, 2.45) is 0 Å². The number of carbonyl (C=O) groups excluding carboxylic acids is 1. The summed E-state index contributed by atoms with van der Waals surface area (Å²) in [7, 11) is -0.365. The van der Waals surface area contributed by atoms with Gasteiger partial charge in [-0.2, -0.15) is 0 Å². The van der Waals surface area contributed by atoms with Crippen LogP contribution in [0.15, 0.2) is 60.7 Å². The van der Waals surface area contributed by atoms with Crippen molar-refractivity contribution in [3.63, 3.8) is 0 Å². The summed E-state index contributed by atoms with van der Waals surface area (Å²) >= 11 is 0. The topological polar surface area (TPSA) is 35.5 Å². The van der Waals surface area contributed by atoms with Crippen LogP contribution in [0.1, 0.15) is 45.0 Å². The summed E-state index contributed by atoms with van der Waals surface area (Å²) in [4.78, 5) is 12.0. The van der Waals surface area contributed by atoms with Crippen LogP contribution in [-0.2, 0) is 9.31 Å². The predicted molar refractivity (Wildman–Crippen MR) is 115 cm³/mol. The van der Waals surface area contributed by atoms with E-state index in [4.69, 9.17) is 9.31 Å². The fraction of sp³-hybridized carbons (Fsp3) is 0.292. The molecular formula is C24H25BO3. The summed E-state index contributed by atoms with van der Waals surface area (Å²) in [6.45, 7) is 9.85. The summed E-state index contributed by atoms with van der Waals surface area (Å²) in [5.74, 6) is 0.0823. The third kappa shape index (κ3) is 3.07. The molecule has 3 aromatic carbocycles. The van der Waals surface area contributed by atoms with E-state index in [1.165, 1.54) is 0 Å². The van der Waals surface area contributed by atoms with Crippen LogP contribution in [0, 0.1) is 0 Å². The Hall–Kier alpha value is -2.43. The third-order valence-corrected chi connectivity index (χ3v) is 6.05. The molecule has 0 spiro atoms. The van der Waals surface area contributed by atoms with Gasteiger partial charge in [0.15, 0.2) is 5.78 Å². The molecule has 1 aliphatic rings. The second-order valence-corrected chi connectivity index (χ2v) is 8.47. The van der Waals surface area contributed by atoms with Gasteiger partial charge in [0, 0.05) is 5.56 Å². The molecule has 0 bridgehead atoms. The number of Topliss-reactive ketones (excluding diaryl/α,β-unsaturated/α-hetero) is 1. The minimum atomic E-state index is -0.365. The van der Waals surface area contributed by atoms with Gasteiger partial charge in [-0.3, -0.25) is 4.79 Å². The first-order chi connectivity index (χ1) is 13.2. The van der Waals surface area contributed by atoms with Gasteiger partial charge in [-0.15, -0.1) is 0 Å². The number of benzene rings is 3. The van der Waals surface area contributed by atoms with Crippen molar-refractivity contribution >= 4 is 29.1 Å². The molecule has 0 N–H and O–H groups in total. The number of hydrogen-bond donors (Lipinski definition) is 0. The highest BCUT2D eigenvalue weighted by Gasteiger charge is 2.51. The third-order valence-electron chi connectivity index (χ3n) is 6.05. The predicted octanol–water partition coefficient (Wildman–Crippen LogP) is 5.01. The van der Waals surface area contributed by atoms with Crippen molar-refractivity contribution in [3.8, 4) is 11.1 Å². The molecule has 4 rings (SSSR count). The number of fused-ring (bicyclic) bond motifs is 1. The van der Waals surface area contributed by atoms with Crippen LogP contribution >= 0.6 is 0 Å². The Morgan fingerprint density at radius 3 is 1.93 bits per heavy atom. The molecule has 1 fully saturated rings. The van der Waals surface area contributed by atoms with Gasteiger partial charge >= 0.3 is 7.12 Å². The Balaban J connectivity index is 1.71. The lowest BCUT2D eigenvalue weighted by Gasteiger charge is -2.32. The van der Waals surface area contributed by atoms with Crippen LogP contribution in [0.5, 0.6) is 0 Å². The molecule has 3 aromatic rings. The molecule has 0 atom stereocenters. The molecule has 1 aliphatic heterocycles. The van der Waals surface area contributed by atoms with Crippen LogP contribution in [-0.4, -0.2) is 24.1 Å². The minimum absolute atomic E-state index is 0.0823. The first-order valence-electron chi connectivity index (χ1n) is 9.68. The highest BCUT2D eigenvalue weighted by Crippen LogP contribution is 2.37.